The lowest BCUT2D eigenvalue weighted by Gasteiger charge is -2.16. The molecule has 0 aliphatic rings. The van der Waals surface area contributed by atoms with Gasteiger partial charge < -0.3 is 20.3 Å². The Morgan fingerprint density at radius 1 is 0.974 bits per heavy atom. The molecule has 1 aromatic heterocycles. The molecule has 1 atom stereocenters. The molecule has 0 spiro atoms. The van der Waals surface area contributed by atoms with E-state index in [1.54, 1.807) is 6.92 Å². The van der Waals surface area contributed by atoms with Gasteiger partial charge in [-0.05, 0) is 36.8 Å². The summed E-state index contributed by atoms with van der Waals surface area (Å²) >= 11 is 0. The molecule has 1 heterocycles. The molecule has 0 bridgehead atoms. The second kappa shape index (κ2) is 12.3. The van der Waals surface area contributed by atoms with Gasteiger partial charge in [0.1, 0.15) is 11.3 Å². The molecular formula is C25H27F6N3O4. The smallest absolute Gasteiger partial charge is 0.416 e. The van der Waals surface area contributed by atoms with Gasteiger partial charge in [-0.15, -0.1) is 0 Å². The van der Waals surface area contributed by atoms with Crippen molar-refractivity contribution in [2.75, 3.05) is 0 Å². The zero-order chi connectivity index (χ0) is 28.8. The molecule has 0 fully saturated rings. The van der Waals surface area contributed by atoms with Crippen molar-refractivity contribution in [1.29, 1.82) is 0 Å². The van der Waals surface area contributed by atoms with E-state index in [0.717, 1.165) is 28.9 Å². The van der Waals surface area contributed by atoms with E-state index < -0.39 is 59.7 Å². The van der Waals surface area contributed by atoms with Crippen LogP contribution < -0.4 is 10.1 Å². The van der Waals surface area contributed by atoms with Crippen molar-refractivity contribution < 1.29 is 46.1 Å². The second-order valence-corrected chi connectivity index (χ2v) is 7.90. The highest BCUT2D eigenvalue weighted by Crippen LogP contribution is 2.34. The Morgan fingerprint density at radius 3 is 1.97 bits per heavy atom. The van der Waals surface area contributed by atoms with Crippen molar-refractivity contribution in [2.45, 2.75) is 51.9 Å². The molecule has 3 aromatic rings. The average Bonchev–Trinajstić information content (AvgIpc) is 3.12. The Balaban J connectivity index is 0.00000247. The van der Waals surface area contributed by atoms with Crippen LogP contribution in [0.3, 0.4) is 0 Å². The summed E-state index contributed by atoms with van der Waals surface area (Å²) in [6, 6.07) is 8.50. The number of hydrogen-bond donors (Lipinski definition) is 3. The molecular weight excluding hydrogens is 520 g/mol. The topological polar surface area (TPSA) is 96.6 Å². The number of alkyl halides is 6. The van der Waals surface area contributed by atoms with E-state index in [-0.39, 0.29) is 11.3 Å². The van der Waals surface area contributed by atoms with Gasteiger partial charge in [-0.3, -0.25) is 4.79 Å². The van der Waals surface area contributed by atoms with Crippen LogP contribution in [0.1, 0.15) is 65.8 Å². The van der Waals surface area contributed by atoms with Crippen LogP contribution in [0, 0.1) is 0 Å². The Bertz CT molecular complexity index is 1200. The molecule has 0 radical (unpaired) electrons. The van der Waals surface area contributed by atoms with Gasteiger partial charge in [-0.1, -0.05) is 38.1 Å². The second-order valence-electron chi connectivity index (χ2n) is 7.90. The molecule has 1 amide bonds. The SMILES string of the molecule is CC.CC(NC(=O)c1c(CC(F)(F)F)nn(C)c1Oc1ccc(C(F)(F)F)cc1)c1ccc(C(O)O)cc1. The molecule has 0 saturated heterocycles. The van der Waals surface area contributed by atoms with Gasteiger partial charge in [0.25, 0.3) is 5.91 Å². The summed E-state index contributed by atoms with van der Waals surface area (Å²) in [6.45, 7) is 5.55. The molecule has 0 saturated carbocycles. The van der Waals surface area contributed by atoms with Gasteiger partial charge in [0.05, 0.1) is 23.7 Å². The lowest BCUT2D eigenvalue weighted by Crippen LogP contribution is -2.28. The highest BCUT2D eigenvalue weighted by Gasteiger charge is 2.35. The van der Waals surface area contributed by atoms with E-state index in [0.29, 0.717) is 5.56 Å². The van der Waals surface area contributed by atoms with Crippen molar-refractivity contribution >= 4 is 5.91 Å². The first kappa shape index (κ1) is 30.6. The molecule has 7 nitrogen and oxygen atoms in total. The van der Waals surface area contributed by atoms with Gasteiger partial charge >= 0.3 is 12.4 Å². The number of carbonyl (C=O) groups excluding carboxylic acids is 1. The van der Waals surface area contributed by atoms with Gasteiger partial charge in [-0.25, -0.2) is 4.68 Å². The Kier molecular flexibility index (Phi) is 9.93. The maximum Gasteiger partial charge on any atom is 0.416 e. The van der Waals surface area contributed by atoms with Crippen molar-refractivity contribution in [1.82, 2.24) is 15.1 Å². The third-order valence-corrected chi connectivity index (χ3v) is 5.14. The average molecular weight is 547 g/mol. The lowest BCUT2D eigenvalue weighted by atomic mass is 10.0. The van der Waals surface area contributed by atoms with E-state index in [2.05, 4.69) is 10.4 Å². The Morgan fingerprint density at radius 2 is 1.50 bits per heavy atom. The van der Waals surface area contributed by atoms with Crippen LogP contribution in [0.25, 0.3) is 0 Å². The van der Waals surface area contributed by atoms with Crippen LogP contribution in [0.2, 0.25) is 0 Å². The first-order chi connectivity index (χ1) is 17.7. The summed E-state index contributed by atoms with van der Waals surface area (Å²) in [5, 5.41) is 24.7. The quantitative estimate of drug-likeness (QED) is 0.255. The molecule has 0 aliphatic carbocycles. The van der Waals surface area contributed by atoms with Crippen LogP contribution in [0.5, 0.6) is 11.6 Å². The van der Waals surface area contributed by atoms with Crippen LogP contribution >= 0.6 is 0 Å². The summed E-state index contributed by atoms with van der Waals surface area (Å²) in [4.78, 5) is 13.1. The maximum absolute atomic E-state index is 13.2. The molecule has 3 rings (SSSR count). The van der Waals surface area contributed by atoms with E-state index in [1.165, 1.54) is 31.3 Å². The van der Waals surface area contributed by atoms with E-state index in [9.17, 15) is 41.4 Å². The number of halogens is 6. The zero-order valence-electron chi connectivity index (χ0n) is 20.9. The van der Waals surface area contributed by atoms with Crippen LogP contribution in [0.4, 0.5) is 26.3 Å². The van der Waals surface area contributed by atoms with Gasteiger partial charge in [0, 0.05) is 12.6 Å². The number of aromatic nitrogens is 2. The standard InChI is InChI=1S/C23H21F6N3O4.C2H6/c1-12(13-3-5-14(6-4-13)21(34)35)30-19(33)18-17(11-22(24,25)26)31-32(2)20(18)36-16-9-7-15(8-10-16)23(27,28)29;1-2/h3-10,12,21,34-35H,11H2,1-2H3,(H,30,33);1-2H3. The highest BCUT2D eigenvalue weighted by atomic mass is 19.4. The number of hydrogen-bond acceptors (Lipinski definition) is 5. The molecule has 1 unspecified atom stereocenters. The van der Waals surface area contributed by atoms with Crippen LogP contribution in [-0.2, 0) is 19.6 Å². The normalized spacial score (nSPS) is 12.6. The van der Waals surface area contributed by atoms with E-state index in [4.69, 9.17) is 4.74 Å². The number of benzene rings is 2. The number of aliphatic hydroxyl groups is 2. The van der Waals surface area contributed by atoms with Crippen LogP contribution in [-0.4, -0.2) is 32.1 Å². The number of amides is 1. The number of ether oxygens (including phenoxy) is 1. The van der Waals surface area contributed by atoms with Gasteiger partial charge in [-0.2, -0.15) is 31.4 Å². The highest BCUT2D eigenvalue weighted by molar-refractivity contribution is 5.98. The molecule has 13 heteroatoms. The first-order valence-electron chi connectivity index (χ1n) is 11.4. The monoisotopic (exact) mass is 547 g/mol. The number of rotatable bonds is 7. The summed E-state index contributed by atoms with van der Waals surface area (Å²) < 4.78 is 84.4. The number of carbonyl (C=O) groups is 1. The fourth-order valence-electron chi connectivity index (χ4n) is 3.35. The van der Waals surface area contributed by atoms with Crippen molar-refractivity contribution in [2.24, 2.45) is 7.05 Å². The molecule has 3 N–H and O–H groups in total. The predicted molar refractivity (Wildman–Crippen MR) is 125 cm³/mol. The van der Waals surface area contributed by atoms with Crippen LogP contribution in [0.15, 0.2) is 48.5 Å². The van der Waals surface area contributed by atoms with Gasteiger partial charge in [0.15, 0.2) is 6.29 Å². The number of nitrogens with zero attached hydrogens (tertiary/aromatic N) is 2. The Hall–Kier alpha value is -3.58. The fraction of sp³-hybridized carbons (Fsp3) is 0.360. The van der Waals surface area contributed by atoms with Crippen molar-refractivity contribution in [3.05, 3.63) is 76.5 Å². The Labute approximate surface area is 214 Å². The van der Waals surface area contributed by atoms with E-state index >= 15 is 0 Å². The third kappa shape index (κ3) is 7.96. The third-order valence-electron chi connectivity index (χ3n) is 5.14. The predicted octanol–water partition coefficient (Wildman–Crippen LogP) is 5.84. The summed E-state index contributed by atoms with van der Waals surface area (Å²) in [6.07, 6.45) is -12.5. The number of aryl methyl sites for hydroxylation is 1. The fourth-order valence-corrected chi connectivity index (χ4v) is 3.35. The minimum absolute atomic E-state index is 0.148. The van der Waals surface area contributed by atoms with Crippen molar-refractivity contribution in [3.8, 4) is 11.6 Å². The summed E-state index contributed by atoms with van der Waals surface area (Å²) in [5.74, 6) is -1.50. The lowest BCUT2D eigenvalue weighted by molar-refractivity contribution is -0.137. The van der Waals surface area contributed by atoms with Gasteiger partial charge in [0.2, 0.25) is 5.88 Å². The minimum atomic E-state index is -4.71. The largest absolute Gasteiger partial charge is 0.438 e. The first-order valence-corrected chi connectivity index (χ1v) is 11.4. The zero-order valence-corrected chi connectivity index (χ0v) is 20.9. The van der Waals surface area contributed by atoms with E-state index in [1.807, 2.05) is 13.8 Å². The molecule has 208 valence electrons. The number of aliphatic hydroxyl groups excluding tert-OH is 1. The maximum atomic E-state index is 13.2. The van der Waals surface area contributed by atoms with Crippen molar-refractivity contribution in [3.63, 3.8) is 0 Å². The number of nitrogens with one attached hydrogen (secondary N) is 1. The molecule has 38 heavy (non-hydrogen) atoms. The molecule has 2 aromatic carbocycles. The minimum Gasteiger partial charge on any atom is -0.438 e. The summed E-state index contributed by atoms with van der Waals surface area (Å²) in [7, 11) is 1.23. The molecule has 0 aliphatic heterocycles. The summed E-state index contributed by atoms with van der Waals surface area (Å²) in [5.41, 5.74) is -1.40.